The molecule has 0 unspecified atom stereocenters. The molecule has 0 saturated carbocycles. The molecule has 0 aliphatic carbocycles. The van der Waals surface area contributed by atoms with E-state index < -0.39 is 8.07 Å². The topological polar surface area (TPSA) is 34.9 Å². The van der Waals surface area contributed by atoms with Gasteiger partial charge in [0.1, 0.15) is 8.07 Å². The third kappa shape index (κ3) is 2.69. The quantitative estimate of drug-likeness (QED) is 0.536. The second kappa shape index (κ2) is 4.43. The molecule has 0 bridgehead atoms. The molecule has 0 radical (unpaired) electrons. The zero-order valence-corrected chi connectivity index (χ0v) is 12.1. The van der Waals surface area contributed by atoms with Gasteiger partial charge in [0.25, 0.3) is 0 Å². The molecule has 0 amide bonds. The first kappa shape index (κ1) is 12.6. The molecule has 1 heterocycles. The minimum Gasteiger partial charge on any atom is -0.273 e. The number of nitrogens with zero attached hydrogens (tertiary/aromatic N) is 2. The zero-order valence-electron chi connectivity index (χ0n) is 11.1. The Balaban J connectivity index is 2.46. The molecule has 18 heavy (non-hydrogen) atoms. The Morgan fingerprint density at radius 1 is 1.33 bits per heavy atom. The largest absolute Gasteiger partial charge is 0.273 e. The fourth-order valence-electron chi connectivity index (χ4n) is 1.62. The van der Waals surface area contributed by atoms with Crippen LogP contribution in [0.4, 0.5) is 0 Å². The smallest absolute Gasteiger partial charge is 0.244 e. The Morgan fingerprint density at radius 3 is 2.67 bits per heavy atom. The number of hydrogen-bond acceptors (Lipinski definition) is 2. The average molecular weight is 256 g/mol. The summed E-state index contributed by atoms with van der Waals surface area (Å²) in [4.78, 5) is 11.3. The third-order valence-electron chi connectivity index (χ3n) is 2.45. The van der Waals surface area contributed by atoms with Crippen molar-refractivity contribution in [2.75, 3.05) is 0 Å². The third-order valence-corrected chi connectivity index (χ3v) is 3.32. The molecule has 1 aromatic heterocycles. The second-order valence-corrected chi connectivity index (χ2v) is 10.1. The van der Waals surface area contributed by atoms with E-state index in [0.717, 1.165) is 16.5 Å². The van der Waals surface area contributed by atoms with Gasteiger partial charge < -0.3 is 0 Å². The van der Waals surface area contributed by atoms with Crippen molar-refractivity contribution in [3.8, 4) is 11.5 Å². The van der Waals surface area contributed by atoms with Gasteiger partial charge in [-0.05, 0) is 18.2 Å². The minimum atomic E-state index is -1.36. The summed E-state index contributed by atoms with van der Waals surface area (Å²) < 4.78 is 1.41. The van der Waals surface area contributed by atoms with Crippen LogP contribution >= 0.6 is 0 Å². The summed E-state index contributed by atoms with van der Waals surface area (Å²) in [5, 5.41) is 5.02. The molecule has 0 aliphatic heterocycles. The predicted octanol–water partition coefficient (Wildman–Crippen LogP) is 2.93. The summed E-state index contributed by atoms with van der Waals surface area (Å²) in [6, 6.07) is 5.82. The Hall–Kier alpha value is -1.86. The summed E-state index contributed by atoms with van der Waals surface area (Å²) in [7, 11) is -1.36. The highest BCUT2D eigenvalue weighted by atomic mass is 28.3. The number of hydrogen-bond donors (Lipinski definition) is 0. The molecule has 0 fully saturated rings. The van der Waals surface area contributed by atoms with Gasteiger partial charge in [0.15, 0.2) is 0 Å². The van der Waals surface area contributed by atoms with Gasteiger partial charge in [0.05, 0.1) is 11.7 Å². The molecule has 4 heteroatoms. The SMILES string of the molecule is CC(=O)n1ncc2cc(C#C[Si](C)(C)C)ccc21. The summed E-state index contributed by atoms with van der Waals surface area (Å²) in [5.74, 6) is 3.13. The molecular formula is C14H16N2OSi. The van der Waals surface area contributed by atoms with E-state index in [-0.39, 0.29) is 5.91 Å². The zero-order chi connectivity index (χ0) is 13.3. The van der Waals surface area contributed by atoms with Crippen molar-refractivity contribution in [1.82, 2.24) is 9.78 Å². The summed E-state index contributed by atoms with van der Waals surface area (Å²) in [5.41, 5.74) is 5.14. The standard InChI is InChI=1S/C14H16N2OSi/c1-11(17)16-14-6-5-12(7-8-18(2,3)4)9-13(14)10-15-16/h5-6,9-10H,1-4H3. The van der Waals surface area contributed by atoms with Gasteiger partial charge in [-0.25, -0.2) is 4.68 Å². The van der Waals surface area contributed by atoms with Crippen molar-refractivity contribution in [2.24, 2.45) is 0 Å². The number of fused-ring (bicyclic) bond motifs is 1. The number of benzene rings is 1. The fraction of sp³-hybridized carbons (Fsp3) is 0.286. The average Bonchev–Trinajstić information content (AvgIpc) is 2.68. The highest BCUT2D eigenvalue weighted by Crippen LogP contribution is 2.15. The number of aromatic nitrogens is 2. The van der Waals surface area contributed by atoms with Gasteiger partial charge in [-0.1, -0.05) is 25.6 Å². The molecule has 0 spiro atoms. The van der Waals surface area contributed by atoms with E-state index >= 15 is 0 Å². The maximum absolute atomic E-state index is 11.3. The molecule has 0 N–H and O–H groups in total. The first-order valence-electron chi connectivity index (χ1n) is 5.89. The normalized spacial score (nSPS) is 11.1. The van der Waals surface area contributed by atoms with Crippen LogP contribution in [0.1, 0.15) is 17.3 Å². The van der Waals surface area contributed by atoms with Crippen LogP contribution in [0.25, 0.3) is 10.9 Å². The maximum atomic E-state index is 11.3. The lowest BCUT2D eigenvalue weighted by atomic mass is 10.2. The van der Waals surface area contributed by atoms with Crippen molar-refractivity contribution in [3.63, 3.8) is 0 Å². The molecular weight excluding hydrogens is 240 g/mol. The van der Waals surface area contributed by atoms with Gasteiger partial charge in [0, 0.05) is 17.9 Å². The van der Waals surface area contributed by atoms with E-state index in [1.54, 1.807) is 6.20 Å². The molecule has 3 nitrogen and oxygen atoms in total. The summed E-state index contributed by atoms with van der Waals surface area (Å²) in [6.45, 7) is 8.15. The van der Waals surface area contributed by atoms with Gasteiger partial charge >= 0.3 is 0 Å². The summed E-state index contributed by atoms with van der Waals surface area (Å²) in [6.07, 6.45) is 1.70. The van der Waals surface area contributed by atoms with Crippen molar-refractivity contribution >= 4 is 24.9 Å². The Labute approximate surface area is 108 Å². The van der Waals surface area contributed by atoms with Crippen molar-refractivity contribution in [1.29, 1.82) is 0 Å². The first-order valence-corrected chi connectivity index (χ1v) is 9.39. The monoisotopic (exact) mass is 256 g/mol. The number of rotatable bonds is 0. The van der Waals surface area contributed by atoms with Gasteiger partial charge in [-0.2, -0.15) is 5.10 Å². The lowest BCUT2D eigenvalue weighted by Crippen LogP contribution is -2.16. The van der Waals surface area contributed by atoms with Gasteiger partial charge in [-0.15, -0.1) is 5.54 Å². The lowest BCUT2D eigenvalue weighted by molar-refractivity contribution is 0.0927. The van der Waals surface area contributed by atoms with Crippen LogP contribution in [0.2, 0.25) is 19.6 Å². The maximum Gasteiger partial charge on any atom is 0.244 e. The second-order valence-electron chi connectivity index (χ2n) is 5.35. The van der Waals surface area contributed by atoms with Crippen molar-refractivity contribution < 1.29 is 4.79 Å². The first-order chi connectivity index (χ1) is 8.37. The van der Waals surface area contributed by atoms with E-state index in [0.29, 0.717) is 0 Å². The Bertz CT molecular complexity index is 668. The van der Waals surface area contributed by atoms with Crippen LogP contribution in [-0.4, -0.2) is 23.8 Å². The van der Waals surface area contributed by atoms with E-state index in [9.17, 15) is 4.79 Å². The molecule has 0 saturated heterocycles. The van der Waals surface area contributed by atoms with E-state index in [4.69, 9.17) is 0 Å². The van der Waals surface area contributed by atoms with E-state index in [1.807, 2.05) is 18.2 Å². The molecule has 92 valence electrons. The molecule has 0 atom stereocenters. The van der Waals surface area contributed by atoms with E-state index in [2.05, 4.69) is 36.2 Å². The molecule has 2 rings (SSSR count). The summed E-state index contributed by atoms with van der Waals surface area (Å²) >= 11 is 0. The number of carbonyl (C=O) groups excluding carboxylic acids is 1. The fourth-order valence-corrected chi connectivity index (χ4v) is 2.14. The van der Waals surface area contributed by atoms with Crippen LogP contribution in [0.5, 0.6) is 0 Å². The highest BCUT2D eigenvalue weighted by molar-refractivity contribution is 6.83. The van der Waals surface area contributed by atoms with Crippen molar-refractivity contribution in [3.05, 3.63) is 30.0 Å². The molecule has 0 aliphatic rings. The highest BCUT2D eigenvalue weighted by Gasteiger charge is 2.08. The van der Waals surface area contributed by atoms with Crippen LogP contribution in [0.15, 0.2) is 24.4 Å². The minimum absolute atomic E-state index is 0.0778. The molecule has 2 aromatic rings. The Morgan fingerprint density at radius 2 is 2.06 bits per heavy atom. The van der Waals surface area contributed by atoms with Gasteiger partial charge in [-0.3, -0.25) is 4.79 Å². The van der Waals surface area contributed by atoms with Crippen molar-refractivity contribution in [2.45, 2.75) is 26.6 Å². The Kier molecular flexibility index (Phi) is 3.10. The van der Waals surface area contributed by atoms with Crippen LogP contribution in [-0.2, 0) is 0 Å². The van der Waals surface area contributed by atoms with Gasteiger partial charge in [0.2, 0.25) is 5.91 Å². The molecule has 1 aromatic carbocycles. The number of carbonyl (C=O) groups is 1. The van der Waals surface area contributed by atoms with Crippen LogP contribution < -0.4 is 0 Å². The van der Waals surface area contributed by atoms with Crippen LogP contribution in [0, 0.1) is 11.5 Å². The van der Waals surface area contributed by atoms with E-state index in [1.165, 1.54) is 11.6 Å². The predicted molar refractivity (Wildman–Crippen MR) is 76.3 cm³/mol. The van der Waals surface area contributed by atoms with Crippen LogP contribution in [0.3, 0.4) is 0 Å². The lowest BCUT2D eigenvalue weighted by Gasteiger charge is -2.03.